The number of nitrogens with zero attached hydrogens (tertiary/aromatic N) is 1. The highest BCUT2D eigenvalue weighted by atomic mass is 35.5. The number of likely N-dealkylation sites (tertiary alicyclic amines) is 1. The lowest BCUT2D eigenvalue weighted by Crippen LogP contribution is -2.49. The Morgan fingerprint density at radius 2 is 1.55 bits per heavy atom. The number of hydrogen-bond donors (Lipinski definition) is 4. The van der Waals surface area contributed by atoms with Crippen molar-refractivity contribution in [3.05, 3.63) is 63.4 Å². The van der Waals surface area contributed by atoms with Crippen molar-refractivity contribution in [2.24, 2.45) is 11.3 Å². The number of ketones is 1. The van der Waals surface area contributed by atoms with E-state index in [0.29, 0.717) is 35.7 Å². The fourth-order valence-electron chi connectivity index (χ4n) is 6.92. The second-order valence-electron chi connectivity index (χ2n) is 14.2. The molecule has 0 unspecified atom stereocenters. The van der Waals surface area contributed by atoms with Gasteiger partial charge in [-0.3, -0.25) is 9.59 Å². The van der Waals surface area contributed by atoms with Crippen LogP contribution in [0, 0.1) is 17.2 Å². The number of Topliss-reactive ketones (excluding diaryl/α,β-unsaturated/α-hetero) is 1. The van der Waals surface area contributed by atoms with Crippen LogP contribution >= 0.6 is 23.2 Å². The summed E-state index contributed by atoms with van der Waals surface area (Å²) in [7, 11) is 1.87. The van der Waals surface area contributed by atoms with Gasteiger partial charge in [0.05, 0.1) is 11.1 Å². The highest BCUT2D eigenvalue weighted by Gasteiger charge is 2.66. The standard InChI is InChI=1S/C30H35Cl2F2N3O2.2C2HF3O2/c1-29(2,3)14-24-30(19-9-8-17(31)13-22(19)35-28(30)39)25(18-6-5-7-20(32)26(18)34)27(36-24)23(38)12-16-10-11-37(4)15-21(16)33;2*3-2(4,5)1(6)7/h5-9,13,16,21,24-25,27,36H,10-12,14-15H2,1-4H3,(H,35,39);2*(H,6,7)/t16-,21-,24+,25-,27-,30-;;/m0../s1. The summed E-state index contributed by atoms with van der Waals surface area (Å²) in [6, 6.07) is 8.46. The number of amides is 1. The monoisotopic (exact) mass is 805 g/mol. The van der Waals surface area contributed by atoms with E-state index in [4.69, 9.17) is 43.0 Å². The summed E-state index contributed by atoms with van der Waals surface area (Å²) in [5.41, 5.74) is -0.120. The van der Waals surface area contributed by atoms with Crippen LogP contribution in [0.3, 0.4) is 0 Å². The minimum atomic E-state index is -5.08. The van der Waals surface area contributed by atoms with Gasteiger partial charge in [0.2, 0.25) is 5.91 Å². The van der Waals surface area contributed by atoms with E-state index < -0.39 is 65.6 Å². The molecule has 0 saturated carbocycles. The fourth-order valence-corrected chi connectivity index (χ4v) is 7.28. The Balaban J connectivity index is 0.000000458. The molecule has 2 aromatic carbocycles. The summed E-state index contributed by atoms with van der Waals surface area (Å²) in [6.45, 7) is 7.17. The third kappa shape index (κ3) is 10.2. The molecule has 2 fully saturated rings. The third-order valence-electron chi connectivity index (χ3n) is 9.11. The van der Waals surface area contributed by atoms with Gasteiger partial charge in [-0.25, -0.2) is 18.4 Å². The first-order chi connectivity index (χ1) is 24.2. The Kier molecular flexibility index (Phi) is 13.6. The lowest BCUT2D eigenvalue weighted by Gasteiger charge is -2.38. The molecule has 1 spiro atoms. The third-order valence-corrected chi connectivity index (χ3v) is 9.64. The predicted octanol–water partition coefficient (Wildman–Crippen LogP) is 7.40. The first-order valence-corrected chi connectivity index (χ1v) is 16.7. The molecular formula is C34H37Cl2F8N3O6. The molecule has 0 bridgehead atoms. The quantitative estimate of drug-likeness (QED) is 0.230. The van der Waals surface area contributed by atoms with E-state index in [1.54, 1.807) is 30.3 Å². The first kappa shape index (κ1) is 43.9. The molecule has 4 N–H and O–H groups in total. The van der Waals surface area contributed by atoms with Gasteiger partial charge < -0.3 is 25.7 Å². The van der Waals surface area contributed by atoms with Gasteiger partial charge in [0.25, 0.3) is 0 Å². The normalized spacial score (nSPS) is 25.8. The van der Waals surface area contributed by atoms with Crippen LogP contribution in [0.25, 0.3) is 0 Å². The lowest BCUT2D eigenvalue weighted by atomic mass is 9.62. The predicted molar refractivity (Wildman–Crippen MR) is 178 cm³/mol. The average molecular weight is 807 g/mol. The van der Waals surface area contributed by atoms with Gasteiger partial charge in [0.15, 0.2) is 5.78 Å². The topological polar surface area (TPSA) is 136 Å². The molecule has 294 valence electrons. The SMILES string of the molecule is CN1CC[C@@H](CC(=O)[C@@H]2N[C@H](CC(C)(C)C)[C@]3(C(=O)Nc4cc(Cl)ccc43)[C@H]2c2cccc(Cl)c2F)[C@@H](F)C1.O=C(O)C(F)(F)F.O=C(O)C(F)(F)F. The molecule has 6 atom stereocenters. The Morgan fingerprint density at radius 1 is 0.981 bits per heavy atom. The number of halogens is 10. The van der Waals surface area contributed by atoms with E-state index >= 15 is 8.78 Å². The Morgan fingerprint density at radius 3 is 2.06 bits per heavy atom. The van der Waals surface area contributed by atoms with Crippen molar-refractivity contribution in [1.29, 1.82) is 0 Å². The molecular weight excluding hydrogens is 769 g/mol. The number of carbonyl (C=O) groups excluding carboxylic acids is 2. The number of aliphatic carboxylic acids is 2. The highest BCUT2D eigenvalue weighted by molar-refractivity contribution is 6.31. The molecule has 1 amide bonds. The van der Waals surface area contributed by atoms with Crippen molar-refractivity contribution in [2.75, 3.05) is 25.5 Å². The molecule has 53 heavy (non-hydrogen) atoms. The zero-order valence-electron chi connectivity index (χ0n) is 28.6. The van der Waals surface area contributed by atoms with Crippen LogP contribution in [-0.4, -0.2) is 89.5 Å². The van der Waals surface area contributed by atoms with E-state index in [9.17, 15) is 35.9 Å². The summed E-state index contributed by atoms with van der Waals surface area (Å²) in [5, 5.41) is 21.1. The first-order valence-electron chi connectivity index (χ1n) is 16.0. The zero-order valence-corrected chi connectivity index (χ0v) is 30.2. The van der Waals surface area contributed by atoms with Crippen LogP contribution < -0.4 is 10.6 Å². The van der Waals surface area contributed by atoms with Gasteiger partial charge in [-0.05, 0) is 67.1 Å². The molecule has 0 aromatic heterocycles. The summed E-state index contributed by atoms with van der Waals surface area (Å²) in [4.78, 5) is 48.0. The molecule has 3 aliphatic heterocycles. The largest absolute Gasteiger partial charge is 0.490 e. The van der Waals surface area contributed by atoms with Crippen molar-refractivity contribution in [3.63, 3.8) is 0 Å². The number of rotatable bonds is 5. The second kappa shape index (κ2) is 16.4. The van der Waals surface area contributed by atoms with Crippen molar-refractivity contribution in [2.45, 2.75) is 82.0 Å². The number of fused-ring (bicyclic) bond motifs is 2. The van der Waals surface area contributed by atoms with Crippen molar-refractivity contribution in [1.82, 2.24) is 10.2 Å². The molecule has 3 heterocycles. The maximum absolute atomic E-state index is 15.8. The van der Waals surface area contributed by atoms with Crippen LogP contribution in [0.5, 0.6) is 0 Å². The second-order valence-corrected chi connectivity index (χ2v) is 15.0. The molecule has 2 saturated heterocycles. The van der Waals surface area contributed by atoms with Crippen LogP contribution in [0.1, 0.15) is 57.1 Å². The van der Waals surface area contributed by atoms with Crippen LogP contribution in [0.15, 0.2) is 36.4 Å². The molecule has 19 heteroatoms. The number of hydrogen-bond acceptors (Lipinski definition) is 6. The van der Waals surface area contributed by atoms with E-state index in [1.165, 1.54) is 6.07 Å². The van der Waals surface area contributed by atoms with E-state index in [1.807, 2.05) is 11.9 Å². The summed E-state index contributed by atoms with van der Waals surface area (Å²) < 4.78 is 94.3. The van der Waals surface area contributed by atoms with Crippen molar-refractivity contribution < 1.29 is 64.5 Å². The number of carboxylic acid groups (broad SMARTS) is 2. The summed E-state index contributed by atoms with van der Waals surface area (Å²) in [6.07, 6.45) is -10.2. The lowest BCUT2D eigenvalue weighted by molar-refractivity contribution is -0.193. The summed E-state index contributed by atoms with van der Waals surface area (Å²) >= 11 is 12.5. The number of anilines is 1. The van der Waals surface area contributed by atoms with Gasteiger partial charge in [0, 0.05) is 35.6 Å². The van der Waals surface area contributed by atoms with Gasteiger partial charge in [-0.15, -0.1) is 0 Å². The van der Waals surface area contributed by atoms with Gasteiger partial charge in [-0.1, -0.05) is 62.2 Å². The number of piperidine rings is 1. The Hall–Kier alpha value is -3.54. The minimum Gasteiger partial charge on any atom is -0.475 e. The average Bonchev–Trinajstić information content (AvgIpc) is 3.48. The Bertz CT molecular complexity index is 1680. The smallest absolute Gasteiger partial charge is 0.475 e. The van der Waals surface area contributed by atoms with Gasteiger partial charge in [-0.2, -0.15) is 26.3 Å². The van der Waals surface area contributed by atoms with Gasteiger partial charge in [0.1, 0.15) is 17.4 Å². The van der Waals surface area contributed by atoms with Gasteiger partial charge >= 0.3 is 24.3 Å². The molecule has 5 rings (SSSR count). The van der Waals surface area contributed by atoms with Crippen molar-refractivity contribution >= 4 is 52.5 Å². The highest BCUT2D eigenvalue weighted by Crippen LogP contribution is 2.57. The summed E-state index contributed by atoms with van der Waals surface area (Å²) in [5.74, 6) is -8.03. The molecule has 3 aliphatic rings. The Labute approximate surface area is 309 Å². The zero-order chi connectivity index (χ0) is 40.4. The van der Waals surface area contributed by atoms with Crippen LogP contribution in [-0.2, 0) is 24.6 Å². The maximum Gasteiger partial charge on any atom is 0.490 e. The number of carboxylic acids is 2. The number of benzene rings is 2. The molecule has 0 aliphatic carbocycles. The molecule has 9 nitrogen and oxygen atoms in total. The van der Waals surface area contributed by atoms with E-state index in [2.05, 4.69) is 31.4 Å². The maximum atomic E-state index is 15.8. The number of alkyl halides is 7. The fraction of sp³-hybridized carbons (Fsp3) is 0.529. The van der Waals surface area contributed by atoms with Crippen LogP contribution in [0.2, 0.25) is 10.0 Å². The number of carbonyl (C=O) groups is 4. The molecule has 0 radical (unpaired) electrons. The van der Waals surface area contributed by atoms with E-state index in [0.717, 1.165) is 0 Å². The minimum absolute atomic E-state index is 0.0127. The number of nitrogens with one attached hydrogen (secondary N) is 2. The van der Waals surface area contributed by atoms with Crippen molar-refractivity contribution in [3.8, 4) is 0 Å². The molecule has 2 aromatic rings. The van der Waals surface area contributed by atoms with E-state index in [-0.39, 0.29) is 40.7 Å². The van der Waals surface area contributed by atoms with Crippen LogP contribution in [0.4, 0.5) is 40.8 Å².